The first-order chi connectivity index (χ1) is 9.08. The number of nitrogens with one attached hydrogen (secondary N) is 1. The number of ether oxygens (including phenoxy) is 1. The van der Waals surface area contributed by atoms with Crippen LogP contribution in [0.4, 0.5) is 0 Å². The van der Waals surface area contributed by atoms with Crippen LogP contribution in [0.1, 0.15) is 31.7 Å². The molecule has 2 rings (SSSR count). The Kier molecular flexibility index (Phi) is 5.00. The third-order valence-electron chi connectivity index (χ3n) is 3.92. The molecule has 2 heterocycles. The van der Waals surface area contributed by atoms with Crippen molar-refractivity contribution in [1.29, 1.82) is 0 Å². The van der Waals surface area contributed by atoms with Gasteiger partial charge in [0.15, 0.2) is 0 Å². The maximum absolute atomic E-state index is 5.82. The predicted octanol–water partition coefficient (Wildman–Crippen LogP) is 1.77. The van der Waals surface area contributed by atoms with Crippen LogP contribution < -0.4 is 11.3 Å². The second-order valence-corrected chi connectivity index (χ2v) is 6.03. The van der Waals surface area contributed by atoms with Gasteiger partial charge in [-0.2, -0.15) is 5.10 Å². The summed E-state index contributed by atoms with van der Waals surface area (Å²) in [5.74, 6) is 6.28. The number of hydrogen-bond acceptors (Lipinski definition) is 4. The van der Waals surface area contributed by atoms with E-state index in [1.54, 1.807) is 0 Å². The van der Waals surface area contributed by atoms with E-state index in [-0.39, 0.29) is 12.1 Å². The second kappa shape index (κ2) is 6.35. The van der Waals surface area contributed by atoms with Crippen LogP contribution in [-0.2, 0) is 17.7 Å². The van der Waals surface area contributed by atoms with Crippen LogP contribution in [-0.4, -0.2) is 28.5 Å². The second-order valence-electron chi connectivity index (χ2n) is 5.24. The zero-order valence-corrected chi connectivity index (χ0v) is 13.4. The summed E-state index contributed by atoms with van der Waals surface area (Å²) in [6.45, 7) is 8.03. The minimum atomic E-state index is 0.121. The van der Waals surface area contributed by atoms with Crippen molar-refractivity contribution in [1.82, 2.24) is 15.2 Å². The Labute approximate surface area is 123 Å². The standard InChI is InChI=1S/C13H23BrN4O/c1-4-18-11(12(14)9(3)17-18)7-10(16-15)13-8(2)5-6-19-13/h8,10,13,16H,4-7,15H2,1-3H3. The van der Waals surface area contributed by atoms with Gasteiger partial charge in [-0.3, -0.25) is 16.0 Å². The van der Waals surface area contributed by atoms with Gasteiger partial charge in [-0.05, 0) is 42.1 Å². The van der Waals surface area contributed by atoms with E-state index < -0.39 is 0 Å². The Morgan fingerprint density at radius 3 is 2.89 bits per heavy atom. The maximum atomic E-state index is 5.82. The highest BCUT2D eigenvalue weighted by atomic mass is 79.9. The molecule has 1 aliphatic rings. The van der Waals surface area contributed by atoms with E-state index in [1.807, 2.05) is 11.6 Å². The summed E-state index contributed by atoms with van der Waals surface area (Å²) in [5.41, 5.74) is 5.13. The van der Waals surface area contributed by atoms with Crippen molar-refractivity contribution in [3.63, 3.8) is 0 Å². The zero-order chi connectivity index (χ0) is 14.0. The number of aromatic nitrogens is 2. The van der Waals surface area contributed by atoms with Gasteiger partial charge in [0.05, 0.1) is 28.0 Å². The predicted molar refractivity (Wildman–Crippen MR) is 78.7 cm³/mol. The summed E-state index contributed by atoms with van der Waals surface area (Å²) in [4.78, 5) is 0. The first kappa shape index (κ1) is 15.0. The lowest BCUT2D eigenvalue weighted by atomic mass is 9.95. The van der Waals surface area contributed by atoms with Crippen molar-refractivity contribution in [2.24, 2.45) is 11.8 Å². The Bertz CT molecular complexity index is 435. The number of hydrazine groups is 1. The van der Waals surface area contributed by atoms with Crippen LogP contribution in [0.25, 0.3) is 0 Å². The highest BCUT2D eigenvalue weighted by molar-refractivity contribution is 9.10. The van der Waals surface area contributed by atoms with Gasteiger partial charge >= 0.3 is 0 Å². The van der Waals surface area contributed by atoms with Gasteiger partial charge < -0.3 is 4.74 Å². The van der Waals surface area contributed by atoms with Crippen molar-refractivity contribution in [2.45, 2.75) is 52.3 Å². The summed E-state index contributed by atoms with van der Waals surface area (Å²) in [6, 6.07) is 0.121. The molecule has 0 aromatic carbocycles. The van der Waals surface area contributed by atoms with Crippen molar-refractivity contribution >= 4 is 15.9 Å². The van der Waals surface area contributed by atoms with Crippen LogP contribution >= 0.6 is 15.9 Å². The number of nitrogens with two attached hydrogens (primary N) is 1. The van der Waals surface area contributed by atoms with Gasteiger partial charge in [0.1, 0.15) is 0 Å². The molecule has 1 aliphatic heterocycles. The summed E-state index contributed by atoms with van der Waals surface area (Å²) >= 11 is 3.63. The molecule has 0 bridgehead atoms. The van der Waals surface area contributed by atoms with E-state index >= 15 is 0 Å². The van der Waals surface area contributed by atoms with E-state index in [4.69, 9.17) is 10.6 Å². The molecule has 6 heteroatoms. The molecule has 1 aromatic heterocycles. The largest absolute Gasteiger partial charge is 0.376 e. The topological polar surface area (TPSA) is 65.1 Å². The third kappa shape index (κ3) is 3.02. The van der Waals surface area contributed by atoms with Gasteiger partial charge in [-0.1, -0.05) is 6.92 Å². The van der Waals surface area contributed by atoms with Gasteiger partial charge in [0, 0.05) is 19.6 Å². The average Bonchev–Trinajstić information content (AvgIpc) is 2.93. The first-order valence-electron chi connectivity index (χ1n) is 6.88. The first-order valence-corrected chi connectivity index (χ1v) is 7.67. The molecular formula is C13H23BrN4O. The monoisotopic (exact) mass is 330 g/mol. The quantitative estimate of drug-likeness (QED) is 0.638. The Morgan fingerprint density at radius 1 is 1.63 bits per heavy atom. The summed E-state index contributed by atoms with van der Waals surface area (Å²) in [5, 5.41) is 4.52. The molecule has 0 aliphatic carbocycles. The lowest BCUT2D eigenvalue weighted by Gasteiger charge is -2.25. The summed E-state index contributed by atoms with van der Waals surface area (Å²) in [7, 11) is 0. The number of hydrogen-bond donors (Lipinski definition) is 2. The average molecular weight is 331 g/mol. The molecule has 5 nitrogen and oxygen atoms in total. The van der Waals surface area contributed by atoms with E-state index in [0.717, 1.165) is 36.2 Å². The molecule has 3 unspecified atom stereocenters. The summed E-state index contributed by atoms with van der Waals surface area (Å²) < 4.78 is 8.94. The van der Waals surface area contributed by atoms with Crippen molar-refractivity contribution < 1.29 is 4.74 Å². The molecule has 1 saturated heterocycles. The van der Waals surface area contributed by atoms with Crippen LogP contribution in [0.15, 0.2) is 4.47 Å². The highest BCUT2D eigenvalue weighted by Crippen LogP contribution is 2.27. The van der Waals surface area contributed by atoms with E-state index in [1.165, 1.54) is 5.69 Å². The number of aryl methyl sites for hydroxylation is 2. The zero-order valence-electron chi connectivity index (χ0n) is 11.8. The van der Waals surface area contributed by atoms with Gasteiger partial charge in [-0.15, -0.1) is 0 Å². The Hall–Kier alpha value is -0.430. The minimum Gasteiger partial charge on any atom is -0.376 e. The molecule has 108 valence electrons. The molecule has 1 aromatic rings. The summed E-state index contributed by atoms with van der Waals surface area (Å²) in [6.07, 6.45) is 2.11. The number of halogens is 1. The fraction of sp³-hybridized carbons (Fsp3) is 0.769. The molecule has 0 amide bonds. The van der Waals surface area contributed by atoms with Crippen LogP contribution in [0, 0.1) is 12.8 Å². The lowest BCUT2D eigenvalue weighted by molar-refractivity contribution is 0.0603. The van der Waals surface area contributed by atoms with Crippen LogP contribution in [0.3, 0.4) is 0 Å². The Balaban J connectivity index is 2.18. The molecule has 1 fully saturated rings. The fourth-order valence-electron chi connectivity index (χ4n) is 2.77. The number of nitrogens with zero attached hydrogens (tertiary/aromatic N) is 2. The molecule has 3 N–H and O–H groups in total. The lowest BCUT2D eigenvalue weighted by Crippen LogP contribution is -2.47. The smallest absolute Gasteiger partial charge is 0.0771 e. The van der Waals surface area contributed by atoms with Crippen LogP contribution in [0.2, 0.25) is 0 Å². The maximum Gasteiger partial charge on any atom is 0.0771 e. The minimum absolute atomic E-state index is 0.121. The van der Waals surface area contributed by atoms with E-state index in [2.05, 4.69) is 40.3 Å². The van der Waals surface area contributed by atoms with Crippen LogP contribution in [0.5, 0.6) is 0 Å². The SMILES string of the molecule is CCn1nc(C)c(Br)c1CC(NN)C1OCCC1C. The highest BCUT2D eigenvalue weighted by Gasteiger charge is 2.32. The van der Waals surface area contributed by atoms with E-state index in [0.29, 0.717) is 5.92 Å². The number of rotatable bonds is 5. The van der Waals surface area contributed by atoms with E-state index in [9.17, 15) is 0 Å². The van der Waals surface area contributed by atoms with Gasteiger partial charge in [-0.25, -0.2) is 0 Å². The molecule has 0 spiro atoms. The van der Waals surface area contributed by atoms with Gasteiger partial charge in [0.2, 0.25) is 0 Å². The normalized spacial score (nSPS) is 24.9. The molecule has 0 saturated carbocycles. The van der Waals surface area contributed by atoms with Crippen molar-refractivity contribution in [2.75, 3.05) is 6.61 Å². The van der Waals surface area contributed by atoms with Crippen molar-refractivity contribution in [3.05, 3.63) is 15.9 Å². The molecular weight excluding hydrogens is 308 g/mol. The molecule has 0 radical (unpaired) electrons. The molecule has 3 atom stereocenters. The fourth-order valence-corrected chi connectivity index (χ4v) is 3.22. The van der Waals surface area contributed by atoms with Crippen molar-refractivity contribution in [3.8, 4) is 0 Å². The molecule has 19 heavy (non-hydrogen) atoms. The van der Waals surface area contributed by atoms with Gasteiger partial charge in [0.25, 0.3) is 0 Å². The third-order valence-corrected chi connectivity index (χ3v) is 4.95. The Morgan fingerprint density at radius 2 is 2.37 bits per heavy atom.